The van der Waals surface area contributed by atoms with Gasteiger partial charge in [0.2, 0.25) is 0 Å². The minimum absolute atomic E-state index is 0.186. The molecule has 1 saturated carbocycles. The average molecular weight is 405 g/mol. The van der Waals surface area contributed by atoms with Crippen molar-refractivity contribution >= 4 is 5.97 Å². The molecular formula is C25H40O4. The van der Waals surface area contributed by atoms with Crippen molar-refractivity contribution in [1.29, 1.82) is 0 Å². The molecule has 2 unspecified atom stereocenters. The zero-order valence-electron chi connectivity index (χ0n) is 18.8. The van der Waals surface area contributed by atoms with Crippen LogP contribution in [0.3, 0.4) is 0 Å². The maximum atomic E-state index is 11.2. The third-order valence-electron chi connectivity index (χ3n) is 6.65. The summed E-state index contributed by atoms with van der Waals surface area (Å²) in [5, 5.41) is 0. The van der Waals surface area contributed by atoms with E-state index in [9.17, 15) is 4.79 Å². The van der Waals surface area contributed by atoms with Crippen LogP contribution < -0.4 is 0 Å². The minimum Gasteiger partial charge on any atom is -0.466 e. The molecular weight excluding hydrogens is 364 g/mol. The molecule has 0 bridgehead atoms. The maximum Gasteiger partial charge on any atom is 0.302 e. The SMILES string of the molecule is CC(=O)OCC1C[C@@H](OCCCCCCOCc2ccccc2)C(C)[C@@H](C)[C@H]1C. The standard InChI is InChI=1S/C25H40O4/c1-19-20(2)24(18-29-22(4)26)16-25(21(19)3)28-15-11-6-5-10-14-27-17-23-12-8-7-9-13-23/h7-9,12-13,19-21,24-25H,5-6,10-11,14-18H2,1-4H3/t19-,20+,21?,24?,25+/m0/s1. The molecule has 1 aromatic carbocycles. The van der Waals surface area contributed by atoms with Crippen LogP contribution in [0.25, 0.3) is 0 Å². The first-order chi connectivity index (χ1) is 14.0. The van der Waals surface area contributed by atoms with E-state index < -0.39 is 0 Å². The molecule has 1 aromatic rings. The first-order valence-corrected chi connectivity index (χ1v) is 11.4. The summed E-state index contributed by atoms with van der Waals surface area (Å²) in [6.45, 7) is 11.2. The second-order valence-corrected chi connectivity index (χ2v) is 8.74. The van der Waals surface area contributed by atoms with E-state index in [1.807, 2.05) is 18.2 Å². The summed E-state index contributed by atoms with van der Waals surface area (Å²) < 4.78 is 17.3. The van der Waals surface area contributed by atoms with Crippen molar-refractivity contribution in [3.8, 4) is 0 Å². The lowest BCUT2D eigenvalue weighted by Crippen LogP contribution is -2.42. The largest absolute Gasteiger partial charge is 0.466 e. The van der Waals surface area contributed by atoms with Crippen molar-refractivity contribution in [2.45, 2.75) is 72.5 Å². The van der Waals surface area contributed by atoms with Gasteiger partial charge in [-0.2, -0.15) is 0 Å². The molecule has 0 heterocycles. The van der Waals surface area contributed by atoms with E-state index in [-0.39, 0.29) is 12.1 Å². The Morgan fingerprint density at radius 2 is 1.62 bits per heavy atom. The summed E-state index contributed by atoms with van der Waals surface area (Å²) in [5.41, 5.74) is 1.23. The second-order valence-electron chi connectivity index (χ2n) is 8.74. The Kier molecular flexibility index (Phi) is 10.7. The van der Waals surface area contributed by atoms with Gasteiger partial charge in [-0.25, -0.2) is 0 Å². The fourth-order valence-corrected chi connectivity index (χ4v) is 4.30. The van der Waals surface area contributed by atoms with Crippen LogP contribution in [0.2, 0.25) is 0 Å². The van der Waals surface area contributed by atoms with Crippen molar-refractivity contribution in [1.82, 2.24) is 0 Å². The van der Waals surface area contributed by atoms with Crippen LogP contribution in [-0.4, -0.2) is 31.9 Å². The quantitative estimate of drug-likeness (QED) is 0.334. The Hall–Kier alpha value is -1.39. The van der Waals surface area contributed by atoms with Gasteiger partial charge < -0.3 is 14.2 Å². The fourth-order valence-electron chi connectivity index (χ4n) is 4.30. The Morgan fingerprint density at radius 1 is 0.931 bits per heavy atom. The van der Waals surface area contributed by atoms with Gasteiger partial charge in [-0.05, 0) is 48.5 Å². The van der Waals surface area contributed by atoms with Gasteiger partial charge in [0.15, 0.2) is 0 Å². The van der Waals surface area contributed by atoms with E-state index in [0.717, 1.165) is 32.5 Å². The van der Waals surface area contributed by atoms with Crippen molar-refractivity contribution in [3.05, 3.63) is 35.9 Å². The summed E-state index contributed by atoms with van der Waals surface area (Å²) in [6.07, 6.45) is 5.83. The summed E-state index contributed by atoms with van der Waals surface area (Å²) in [5.74, 6) is 1.90. The van der Waals surface area contributed by atoms with Gasteiger partial charge >= 0.3 is 5.97 Å². The van der Waals surface area contributed by atoms with E-state index in [0.29, 0.717) is 36.9 Å². The van der Waals surface area contributed by atoms with Crippen LogP contribution in [0.4, 0.5) is 0 Å². The second kappa shape index (κ2) is 13.0. The molecule has 0 saturated heterocycles. The van der Waals surface area contributed by atoms with E-state index in [1.54, 1.807) is 0 Å². The van der Waals surface area contributed by atoms with E-state index in [2.05, 4.69) is 32.9 Å². The maximum absolute atomic E-state index is 11.2. The van der Waals surface area contributed by atoms with Crippen molar-refractivity contribution in [3.63, 3.8) is 0 Å². The number of rotatable bonds is 12. The van der Waals surface area contributed by atoms with Crippen LogP contribution >= 0.6 is 0 Å². The van der Waals surface area contributed by atoms with Gasteiger partial charge in [0.25, 0.3) is 0 Å². The lowest BCUT2D eigenvalue weighted by molar-refractivity contribution is -0.146. The Morgan fingerprint density at radius 3 is 2.31 bits per heavy atom. The highest BCUT2D eigenvalue weighted by Crippen LogP contribution is 2.40. The summed E-state index contributed by atoms with van der Waals surface area (Å²) in [7, 11) is 0. The first kappa shape index (κ1) is 23.9. The molecule has 2 rings (SSSR count). The van der Waals surface area contributed by atoms with Crippen molar-refractivity contribution in [2.24, 2.45) is 23.7 Å². The molecule has 29 heavy (non-hydrogen) atoms. The number of benzene rings is 1. The van der Waals surface area contributed by atoms with Gasteiger partial charge in [0.05, 0.1) is 19.3 Å². The Bertz CT molecular complexity index is 573. The van der Waals surface area contributed by atoms with Crippen LogP contribution in [0.5, 0.6) is 0 Å². The van der Waals surface area contributed by atoms with Gasteiger partial charge in [0, 0.05) is 20.1 Å². The van der Waals surface area contributed by atoms with E-state index in [1.165, 1.54) is 25.3 Å². The zero-order valence-corrected chi connectivity index (χ0v) is 18.8. The highest BCUT2D eigenvalue weighted by atomic mass is 16.5. The molecule has 0 spiro atoms. The predicted molar refractivity (Wildman–Crippen MR) is 117 cm³/mol. The first-order valence-electron chi connectivity index (χ1n) is 11.4. The Labute approximate surface area is 177 Å². The minimum atomic E-state index is -0.186. The number of carbonyl (C=O) groups is 1. The number of carbonyl (C=O) groups excluding carboxylic acids is 1. The highest BCUT2D eigenvalue weighted by Gasteiger charge is 2.38. The molecule has 1 aliphatic carbocycles. The third-order valence-corrected chi connectivity index (χ3v) is 6.65. The number of ether oxygens (including phenoxy) is 3. The van der Waals surface area contributed by atoms with Gasteiger partial charge in [0.1, 0.15) is 0 Å². The molecule has 0 aliphatic heterocycles. The molecule has 5 atom stereocenters. The van der Waals surface area contributed by atoms with Crippen molar-refractivity contribution < 1.29 is 19.0 Å². The van der Waals surface area contributed by atoms with Crippen molar-refractivity contribution in [2.75, 3.05) is 19.8 Å². The lowest BCUT2D eigenvalue weighted by Gasteiger charge is -2.43. The predicted octanol–water partition coefficient (Wildman–Crippen LogP) is 5.64. The van der Waals surface area contributed by atoms with E-state index in [4.69, 9.17) is 14.2 Å². The van der Waals surface area contributed by atoms with Crippen LogP contribution in [0, 0.1) is 23.7 Å². The molecule has 0 radical (unpaired) electrons. The number of hydrogen-bond donors (Lipinski definition) is 0. The summed E-state index contributed by atoms with van der Waals surface area (Å²) >= 11 is 0. The smallest absolute Gasteiger partial charge is 0.302 e. The molecule has 164 valence electrons. The molecule has 0 amide bonds. The average Bonchev–Trinajstić information content (AvgIpc) is 2.72. The molecule has 4 heteroatoms. The molecule has 0 aromatic heterocycles. The van der Waals surface area contributed by atoms with Gasteiger partial charge in [-0.3, -0.25) is 4.79 Å². The Balaban J connectivity index is 1.55. The topological polar surface area (TPSA) is 44.8 Å². The third kappa shape index (κ3) is 8.47. The lowest BCUT2D eigenvalue weighted by atomic mass is 9.67. The molecule has 4 nitrogen and oxygen atoms in total. The number of unbranched alkanes of at least 4 members (excludes halogenated alkanes) is 3. The van der Waals surface area contributed by atoms with Crippen LogP contribution in [0.15, 0.2) is 30.3 Å². The van der Waals surface area contributed by atoms with Crippen LogP contribution in [0.1, 0.15) is 65.4 Å². The van der Waals surface area contributed by atoms with E-state index >= 15 is 0 Å². The normalized spacial score (nSPS) is 27.0. The van der Waals surface area contributed by atoms with Crippen LogP contribution in [-0.2, 0) is 25.6 Å². The summed E-state index contributed by atoms with van der Waals surface area (Å²) in [6, 6.07) is 10.3. The fraction of sp³-hybridized carbons (Fsp3) is 0.720. The molecule has 1 aliphatic rings. The monoisotopic (exact) mass is 404 g/mol. The molecule has 1 fully saturated rings. The number of hydrogen-bond acceptors (Lipinski definition) is 4. The van der Waals surface area contributed by atoms with Gasteiger partial charge in [-0.1, -0.05) is 63.9 Å². The molecule has 0 N–H and O–H groups in total. The number of esters is 1. The van der Waals surface area contributed by atoms with Gasteiger partial charge in [-0.15, -0.1) is 0 Å². The summed E-state index contributed by atoms with van der Waals surface area (Å²) in [4.78, 5) is 11.2. The zero-order chi connectivity index (χ0) is 21.1. The highest BCUT2D eigenvalue weighted by molar-refractivity contribution is 5.65.